The zero-order valence-corrected chi connectivity index (χ0v) is 12.7. The van der Waals surface area contributed by atoms with Crippen LogP contribution in [0.3, 0.4) is 0 Å². The number of fused-ring (bicyclic) bond motifs is 1. The van der Waals surface area contributed by atoms with Crippen molar-refractivity contribution in [3.05, 3.63) is 34.9 Å². The maximum atomic E-state index is 6.55. The minimum atomic E-state index is -0.0860. The molecule has 1 atom stereocenters. The van der Waals surface area contributed by atoms with Gasteiger partial charge in [0, 0.05) is 13.2 Å². The van der Waals surface area contributed by atoms with Crippen LogP contribution in [0.5, 0.6) is 0 Å². The predicted molar refractivity (Wildman–Crippen MR) is 83.0 cm³/mol. The molecule has 2 heteroatoms. The molecule has 1 aromatic rings. The topological polar surface area (TPSA) is 35.2 Å². The number of ether oxygens (including phenoxy) is 1. The van der Waals surface area contributed by atoms with Crippen molar-refractivity contribution >= 4 is 0 Å². The average Bonchev–Trinajstić information content (AvgIpc) is 2.95. The zero-order valence-electron chi connectivity index (χ0n) is 12.7. The molecule has 1 unspecified atom stereocenters. The van der Waals surface area contributed by atoms with Gasteiger partial charge in [0.25, 0.3) is 0 Å². The van der Waals surface area contributed by atoms with Crippen molar-refractivity contribution < 1.29 is 4.74 Å². The molecular formula is C18H27NO. The van der Waals surface area contributed by atoms with Crippen molar-refractivity contribution in [3.63, 3.8) is 0 Å². The molecule has 3 rings (SSSR count). The molecule has 0 saturated heterocycles. The standard InChI is InChI=1S/C18H27NO/c1-20-18(10-3-2-4-11-18)17(19)13-14-8-9-15-6-5-7-16(15)12-14/h8-9,12,17H,2-7,10-11,13,19H2,1H3. The number of methoxy groups -OCH3 is 1. The fourth-order valence-electron chi connectivity index (χ4n) is 4.07. The predicted octanol–water partition coefficient (Wildman–Crippen LogP) is 3.39. The molecule has 0 amide bonds. The van der Waals surface area contributed by atoms with Crippen molar-refractivity contribution in [2.45, 2.75) is 69.4 Å². The summed E-state index contributed by atoms with van der Waals surface area (Å²) in [6.45, 7) is 0. The van der Waals surface area contributed by atoms with Crippen LogP contribution in [0.25, 0.3) is 0 Å². The first-order valence-electron chi connectivity index (χ1n) is 8.15. The number of rotatable bonds is 4. The van der Waals surface area contributed by atoms with E-state index in [1.807, 2.05) is 7.11 Å². The summed E-state index contributed by atoms with van der Waals surface area (Å²) in [7, 11) is 1.84. The second-order valence-electron chi connectivity index (χ2n) is 6.60. The molecular weight excluding hydrogens is 246 g/mol. The Labute approximate surface area is 122 Å². The highest BCUT2D eigenvalue weighted by Crippen LogP contribution is 2.34. The molecule has 2 aliphatic carbocycles. The molecule has 0 heterocycles. The molecule has 0 aromatic heterocycles. The van der Waals surface area contributed by atoms with Gasteiger partial charge in [-0.25, -0.2) is 0 Å². The molecule has 1 saturated carbocycles. The lowest BCUT2D eigenvalue weighted by molar-refractivity contribution is -0.0582. The van der Waals surface area contributed by atoms with Crippen LogP contribution in [0.2, 0.25) is 0 Å². The lowest BCUT2D eigenvalue weighted by Crippen LogP contribution is -2.51. The maximum Gasteiger partial charge on any atom is 0.0832 e. The number of nitrogens with two attached hydrogens (primary N) is 1. The lowest BCUT2D eigenvalue weighted by atomic mass is 9.77. The van der Waals surface area contributed by atoms with Gasteiger partial charge in [0.15, 0.2) is 0 Å². The Balaban J connectivity index is 1.73. The van der Waals surface area contributed by atoms with E-state index in [2.05, 4.69) is 18.2 Å². The molecule has 1 fully saturated rings. The largest absolute Gasteiger partial charge is 0.377 e. The first-order valence-corrected chi connectivity index (χ1v) is 8.15. The summed E-state index contributed by atoms with van der Waals surface area (Å²) >= 11 is 0. The molecule has 0 spiro atoms. The van der Waals surface area contributed by atoms with E-state index in [1.165, 1.54) is 44.1 Å². The van der Waals surface area contributed by atoms with Crippen LogP contribution >= 0.6 is 0 Å². The highest BCUT2D eigenvalue weighted by Gasteiger charge is 2.37. The van der Waals surface area contributed by atoms with Gasteiger partial charge < -0.3 is 10.5 Å². The summed E-state index contributed by atoms with van der Waals surface area (Å²) in [5.41, 5.74) is 10.9. The van der Waals surface area contributed by atoms with Gasteiger partial charge in [-0.15, -0.1) is 0 Å². The zero-order chi connectivity index (χ0) is 14.0. The van der Waals surface area contributed by atoms with Gasteiger partial charge in [-0.05, 0) is 55.2 Å². The summed E-state index contributed by atoms with van der Waals surface area (Å²) in [5.74, 6) is 0. The van der Waals surface area contributed by atoms with E-state index in [0.717, 1.165) is 19.3 Å². The van der Waals surface area contributed by atoms with Crippen LogP contribution in [0.1, 0.15) is 55.2 Å². The molecule has 2 N–H and O–H groups in total. The van der Waals surface area contributed by atoms with E-state index in [4.69, 9.17) is 10.5 Å². The Morgan fingerprint density at radius 3 is 2.60 bits per heavy atom. The minimum absolute atomic E-state index is 0.0860. The molecule has 20 heavy (non-hydrogen) atoms. The van der Waals surface area contributed by atoms with E-state index in [9.17, 15) is 0 Å². The molecule has 0 radical (unpaired) electrons. The lowest BCUT2D eigenvalue weighted by Gasteiger charge is -2.41. The van der Waals surface area contributed by atoms with Gasteiger partial charge in [-0.3, -0.25) is 0 Å². The monoisotopic (exact) mass is 273 g/mol. The summed E-state index contributed by atoms with van der Waals surface area (Å²) in [4.78, 5) is 0. The van der Waals surface area contributed by atoms with Crippen LogP contribution in [-0.4, -0.2) is 18.8 Å². The maximum absolute atomic E-state index is 6.55. The Hall–Kier alpha value is -0.860. The van der Waals surface area contributed by atoms with Gasteiger partial charge >= 0.3 is 0 Å². The van der Waals surface area contributed by atoms with Crippen LogP contribution in [0.15, 0.2) is 18.2 Å². The highest BCUT2D eigenvalue weighted by atomic mass is 16.5. The van der Waals surface area contributed by atoms with Crippen molar-refractivity contribution in [3.8, 4) is 0 Å². The van der Waals surface area contributed by atoms with Crippen molar-refractivity contribution in [2.24, 2.45) is 5.73 Å². The minimum Gasteiger partial charge on any atom is -0.377 e. The summed E-state index contributed by atoms with van der Waals surface area (Å²) in [6.07, 6.45) is 10.8. The fourth-order valence-corrected chi connectivity index (χ4v) is 4.07. The number of hydrogen-bond donors (Lipinski definition) is 1. The van der Waals surface area contributed by atoms with Crippen molar-refractivity contribution in [1.29, 1.82) is 0 Å². The van der Waals surface area contributed by atoms with Gasteiger partial charge in [0.2, 0.25) is 0 Å². The van der Waals surface area contributed by atoms with Crippen molar-refractivity contribution in [1.82, 2.24) is 0 Å². The Bertz CT molecular complexity index is 462. The van der Waals surface area contributed by atoms with Crippen molar-refractivity contribution in [2.75, 3.05) is 7.11 Å². The normalized spacial score (nSPS) is 22.5. The third-order valence-electron chi connectivity index (χ3n) is 5.40. The highest BCUT2D eigenvalue weighted by molar-refractivity contribution is 5.35. The smallest absolute Gasteiger partial charge is 0.0832 e. The van der Waals surface area contributed by atoms with Gasteiger partial charge in [0.05, 0.1) is 5.60 Å². The summed E-state index contributed by atoms with van der Waals surface area (Å²) < 4.78 is 5.88. The molecule has 110 valence electrons. The van der Waals surface area contributed by atoms with E-state index < -0.39 is 0 Å². The van der Waals surface area contributed by atoms with Gasteiger partial charge in [-0.1, -0.05) is 37.5 Å². The summed E-state index contributed by atoms with van der Waals surface area (Å²) in [6, 6.07) is 7.09. The number of hydrogen-bond acceptors (Lipinski definition) is 2. The van der Waals surface area contributed by atoms with Crippen LogP contribution in [-0.2, 0) is 24.0 Å². The van der Waals surface area contributed by atoms with E-state index in [-0.39, 0.29) is 11.6 Å². The Morgan fingerprint density at radius 1 is 1.10 bits per heavy atom. The van der Waals surface area contributed by atoms with E-state index >= 15 is 0 Å². The van der Waals surface area contributed by atoms with Crippen LogP contribution in [0, 0.1) is 0 Å². The fraction of sp³-hybridized carbons (Fsp3) is 0.667. The third-order valence-corrected chi connectivity index (χ3v) is 5.40. The summed E-state index contributed by atoms with van der Waals surface area (Å²) in [5, 5.41) is 0. The van der Waals surface area contributed by atoms with Gasteiger partial charge in [-0.2, -0.15) is 0 Å². The van der Waals surface area contributed by atoms with Gasteiger partial charge in [0.1, 0.15) is 0 Å². The first kappa shape index (κ1) is 14.1. The van der Waals surface area contributed by atoms with Crippen LogP contribution < -0.4 is 5.73 Å². The molecule has 2 aliphatic rings. The number of aryl methyl sites for hydroxylation is 2. The molecule has 2 nitrogen and oxygen atoms in total. The molecule has 1 aromatic carbocycles. The number of benzene rings is 1. The quantitative estimate of drug-likeness (QED) is 0.912. The first-order chi connectivity index (χ1) is 9.73. The Morgan fingerprint density at radius 2 is 1.85 bits per heavy atom. The van der Waals surface area contributed by atoms with Crippen LogP contribution in [0.4, 0.5) is 0 Å². The SMILES string of the molecule is COC1(C(N)Cc2ccc3c(c2)CCC3)CCCCC1. The third kappa shape index (κ3) is 2.64. The molecule has 0 aliphatic heterocycles. The van der Waals surface area contributed by atoms with E-state index in [0.29, 0.717) is 0 Å². The average molecular weight is 273 g/mol. The van der Waals surface area contributed by atoms with E-state index in [1.54, 1.807) is 11.1 Å². The second-order valence-corrected chi connectivity index (χ2v) is 6.60. The molecule has 0 bridgehead atoms. The second kappa shape index (κ2) is 5.87. The Kier molecular flexibility index (Phi) is 4.13.